The number of ether oxygens (including phenoxy) is 5. The lowest BCUT2D eigenvalue weighted by Gasteiger charge is -2.35. The number of hydrogen-bond donors (Lipinski definition) is 4. The van der Waals surface area contributed by atoms with Crippen molar-refractivity contribution in [3.63, 3.8) is 0 Å². The molecule has 4 rings (SSSR count). The lowest BCUT2D eigenvalue weighted by molar-refractivity contribution is -0.179. The smallest absolute Gasteiger partial charge is 0.351 e. The maximum atomic E-state index is 13.9. The molecule has 1 amide bonds. The van der Waals surface area contributed by atoms with Gasteiger partial charge in [0.15, 0.2) is 17.6 Å². The summed E-state index contributed by atoms with van der Waals surface area (Å²) in [5.41, 5.74) is -1.95. The van der Waals surface area contributed by atoms with E-state index in [-0.39, 0.29) is 17.8 Å². The van der Waals surface area contributed by atoms with Crippen LogP contribution in [-0.4, -0.2) is 80.8 Å². The lowest BCUT2D eigenvalue weighted by Crippen LogP contribution is -2.47. The Bertz CT molecular complexity index is 2480. The minimum atomic E-state index is -2.21. The number of aromatic nitrogens is 2. The number of carboxylic acid groups (broad SMARTS) is 1. The van der Waals surface area contributed by atoms with Crippen LogP contribution in [0.15, 0.2) is 53.5 Å². The van der Waals surface area contributed by atoms with Crippen LogP contribution in [0, 0.1) is 6.92 Å². The minimum absolute atomic E-state index is 0.0451. The van der Waals surface area contributed by atoms with Crippen LogP contribution < -0.4 is 25.2 Å². The summed E-state index contributed by atoms with van der Waals surface area (Å²) in [6.45, 7) is 8.89. The summed E-state index contributed by atoms with van der Waals surface area (Å²) in [6, 6.07) is 12.0. The third-order valence-electron chi connectivity index (χ3n) is 19.6. The second-order valence-corrected chi connectivity index (χ2v) is 28.3. The van der Waals surface area contributed by atoms with E-state index in [2.05, 4.69) is 31.1 Å². The van der Waals surface area contributed by atoms with Crippen molar-refractivity contribution in [1.29, 1.82) is 0 Å². The second-order valence-electron chi connectivity index (χ2n) is 28.3. The number of aliphatic carboxylic acids is 1. The molecule has 552 valence electrons. The van der Waals surface area contributed by atoms with Gasteiger partial charge in [0.05, 0.1) is 39.3 Å². The highest BCUT2D eigenvalue weighted by atomic mass is 16.6. The summed E-state index contributed by atoms with van der Waals surface area (Å²) in [6.07, 6.45) is 55.8. The number of anilines is 1. The first-order valence-electron chi connectivity index (χ1n) is 39.9. The Balaban J connectivity index is 1.56. The van der Waals surface area contributed by atoms with Crippen molar-refractivity contribution in [2.75, 3.05) is 31.7 Å². The standard InChI is InChI=1S/C82H137N3O12/c1-5-8-11-14-17-20-23-26-29-32-35-38-41-44-47-53-60-93-71-63-70(78(97-76(89)59-58-75(87)88)82(92)65-74(96-73(82)67-86)85-66-68(4)79(84-81(85)91)83-80(90)69-56-51-50-52-57-69)64-72(94-61-54-48-45-42-39-36-33-30-27-24-21-18-15-12-9-6-2)77(71)95-62-55-49-46-43-40-37-34-31-28-25-22-19-16-13-10-7-3/h50-52,56-57,63-64,66,73-74,78,86,92H,5-49,53-55,58-62,65,67H2,1-4H3,(H,87,88)(H,83,84,90,91)/t73-,74-,78?,82+/m1/s1. The summed E-state index contributed by atoms with van der Waals surface area (Å²) in [5, 5.41) is 36.7. The number of carbonyl (C=O) groups is 3. The maximum absolute atomic E-state index is 13.9. The summed E-state index contributed by atoms with van der Waals surface area (Å²) in [7, 11) is 0. The van der Waals surface area contributed by atoms with Crippen LogP contribution in [0.4, 0.5) is 5.82 Å². The van der Waals surface area contributed by atoms with Crippen LogP contribution in [0.2, 0.25) is 0 Å². The molecule has 15 heteroatoms. The van der Waals surface area contributed by atoms with E-state index in [1.54, 1.807) is 49.4 Å². The number of aryl methyl sites for hydroxylation is 1. The van der Waals surface area contributed by atoms with E-state index >= 15 is 0 Å². The number of hydrogen-bond acceptors (Lipinski definition) is 12. The Hall–Kier alpha value is -4.99. The molecule has 0 bridgehead atoms. The molecule has 15 nitrogen and oxygen atoms in total. The highest BCUT2D eigenvalue weighted by molar-refractivity contribution is 6.04. The maximum Gasteiger partial charge on any atom is 0.351 e. The number of carbonyl (C=O) groups excluding carboxylic acids is 2. The van der Waals surface area contributed by atoms with E-state index in [9.17, 15) is 34.5 Å². The molecule has 1 aromatic heterocycles. The second kappa shape index (κ2) is 54.8. The zero-order valence-electron chi connectivity index (χ0n) is 61.7. The van der Waals surface area contributed by atoms with Crippen LogP contribution >= 0.6 is 0 Å². The SMILES string of the molecule is CCCCCCCCCCCCCCCCCCOc1cc(C(OC(=O)CCC(=O)O)[C@]2(O)C[C@H](n3cc(C)c(NC(=O)c4ccccc4)nc3=O)O[C@@H]2CO)cc(OCCCCCCCCCCCCCCCCCC)c1OCCCCCCCCCCCCCCCCCC. The predicted octanol–water partition coefficient (Wildman–Crippen LogP) is 21.9. The molecule has 4 atom stereocenters. The number of nitrogens with zero attached hydrogens (tertiary/aromatic N) is 2. The first-order valence-corrected chi connectivity index (χ1v) is 39.9. The lowest BCUT2D eigenvalue weighted by atomic mass is 9.84. The van der Waals surface area contributed by atoms with Crippen molar-refractivity contribution in [2.45, 2.75) is 379 Å². The zero-order valence-corrected chi connectivity index (χ0v) is 61.7. The quantitative estimate of drug-likeness (QED) is 0.0307. The average molecular weight is 1360 g/mol. The van der Waals surface area contributed by atoms with Gasteiger partial charge in [-0.25, -0.2) is 4.79 Å². The van der Waals surface area contributed by atoms with Gasteiger partial charge < -0.3 is 44.3 Å². The molecular formula is C82H137N3O12. The van der Waals surface area contributed by atoms with Crippen molar-refractivity contribution < 1.29 is 53.4 Å². The minimum Gasteiger partial charge on any atom is -0.490 e. The van der Waals surface area contributed by atoms with Gasteiger partial charge in [-0.3, -0.25) is 19.0 Å². The van der Waals surface area contributed by atoms with Crippen LogP contribution in [0.3, 0.4) is 0 Å². The summed E-state index contributed by atoms with van der Waals surface area (Å²) in [4.78, 5) is 57.1. The van der Waals surface area contributed by atoms with E-state index in [4.69, 9.17) is 23.7 Å². The van der Waals surface area contributed by atoms with Crippen LogP contribution in [0.25, 0.3) is 0 Å². The molecule has 1 saturated heterocycles. The first kappa shape index (κ1) is 84.4. The number of aliphatic hydroxyl groups excluding tert-OH is 1. The Kier molecular flexibility index (Phi) is 47.7. The Morgan fingerprint density at radius 1 is 0.546 bits per heavy atom. The highest BCUT2D eigenvalue weighted by Gasteiger charge is 2.56. The molecule has 97 heavy (non-hydrogen) atoms. The van der Waals surface area contributed by atoms with E-state index in [1.165, 1.54) is 248 Å². The third-order valence-corrected chi connectivity index (χ3v) is 19.6. The normalized spacial score (nSPS) is 15.6. The number of amides is 1. The molecule has 1 fully saturated rings. The van der Waals surface area contributed by atoms with Gasteiger partial charge in [0.1, 0.15) is 23.8 Å². The number of esters is 1. The van der Waals surface area contributed by atoms with Crippen molar-refractivity contribution in [3.8, 4) is 17.2 Å². The number of benzene rings is 2. The zero-order chi connectivity index (χ0) is 69.7. The topological polar surface area (TPSA) is 205 Å². The number of carboxylic acids is 1. The monoisotopic (exact) mass is 1360 g/mol. The largest absolute Gasteiger partial charge is 0.490 e. The molecule has 2 aromatic carbocycles. The summed E-state index contributed by atoms with van der Waals surface area (Å²) >= 11 is 0. The molecule has 1 aliphatic rings. The average Bonchev–Trinajstić information content (AvgIpc) is 1.64. The molecule has 0 radical (unpaired) electrons. The fourth-order valence-corrected chi connectivity index (χ4v) is 13.5. The Morgan fingerprint density at radius 3 is 1.27 bits per heavy atom. The number of unbranched alkanes of at least 4 members (excludes halogenated alkanes) is 45. The van der Waals surface area contributed by atoms with Crippen molar-refractivity contribution in [1.82, 2.24) is 9.55 Å². The number of rotatable bonds is 64. The van der Waals surface area contributed by atoms with Crippen molar-refractivity contribution >= 4 is 23.7 Å². The van der Waals surface area contributed by atoms with Gasteiger partial charge >= 0.3 is 17.6 Å². The molecule has 1 unspecified atom stereocenters. The summed E-state index contributed by atoms with van der Waals surface area (Å²) < 4.78 is 34.0. The van der Waals surface area contributed by atoms with Gasteiger partial charge in [0.2, 0.25) is 5.75 Å². The van der Waals surface area contributed by atoms with Gasteiger partial charge in [-0.05, 0) is 50.5 Å². The Labute approximate surface area is 587 Å². The molecule has 0 aliphatic carbocycles. The molecular weight excluding hydrogens is 1220 g/mol. The van der Waals surface area contributed by atoms with Crippen LogP contribution in [0.5, 0.6) is 17.2 Å². The van der Waals surface area contributed by atoms with Crippen LogP contribution in [-0.2, 0) is 19.1 Å². The first-order chi connectivity index (χ1) is 47.4. The van der Waals surface area contributed by atoms with Gasteiger partial charge in [0.25, 0.3) is 5.91 Å². The predicted molar refractivity (Wildman–Crippen MR) is 395 cm³/mol. The van der Waals surface area contributed by atoms with E-state index < -0.39 is 67.0 Å². The van der Waals surface area contributed by atoms with Gasteiger partial charge in [0, 0.05) is 29.3 Å². The summed E-state index contributed by atoms with van der Waals surface area (Å²) in [5.74, 6) is -1.37. The van der Waals surface area contributed by atoms with Gasteiger partial charge in [-0.2, -0.15) is 4.98 Å². The fraction of sp³-hybridized carbons (Fsp3) is 0.768. The fourth-order valence-electron chi connectivity index (χ4n) is 13.5. The molecule has 3 aromatic rings. The Morgan fingerprint density at radius 2 is 0.907 bits per heavy atom. The third kappa shape index (κ3) is 36.8. The van der Waals surface area contributed by atoms with Gasteiger partial charge in [-0.1, -0.05) is 328 Å². The number of nitrogens with one attached hydrogen (secondary N) is 1. The van der Waals surface area contributed by atoms with E-state index in [0.29, 0.717) is 48.2 Å². The van der Waals surface area contributed by atoms with Crippen molar-refractivity contribution in [3.05, 3.63) is 75.8 Å². The van der Waals surface area contributed by atoms with Gasteiger partial charge in [-0.15, -0.1) is 0 Å². The molecule has 2 heterocycles. The van der Waals surface area contributed by atoms with Crippen molar-refractivity contribution in [2.24, 2.45) is 0 Å². The molecule has 1 aliphatic heterocycles. The highest BCUT2D eigenvalue weighted by Crippen LogP contribution is 2.50. The molecule has 4 N–H and O–H groups in total. The molecule has 0 spiro atoms. The van der Waals surface area contributed by atoms with Crippen LogP contribution in [0.1, 0.15) is 382 Å². The number of aliphatic hydroxyl groups is 2. The van der Waals surface area contributed by atoms with E-state index in [1.807, 2.05) is 0 Å². The van der Waals surface area contributed by atoms with E-state index in [0.717, 1.165) is 70.6 Å². The molecule has 0 saturated carbocycles.